The van der Waals surface area contributed by atoms with E-state index in [0.29, 0.717) is 29.4 Å². The largest absolute Gasteiger partial charge is 0.493 e. The first kappa shape index (κ1) is 16.8. The summed E-state index contributed by atoms with van der Waals surface area (Å²) in [5, 5.41) is 3.22. The van der Waals surface area contributed by atoms with Crippen LogP contribution in [0, 0.1) is 5.92 Å². The molecule has 1 aromatic rings. The van der Waals surface area contributed by atoms with E-state index in [2.05, 4.69) is 16.8 Å². The van der Waals surface area contributed by atoms with Crippen LogP contribution in [-0.2, 0) is 6.42 Å². The molecule has 1 atom stereocenters. The van der Waals surface area contributed by atoms with Gasteiger partial charge in [-0.3, -0.25) is 4.79 Å². The molecule has 1 amide bonds. The lowest BCUT2D eigenvalue weighted by Gasteiger charge is -2.44. The number of benzene rings is 1. The van der Waals surface area contributed by atoms with Gasteiger partial charge in [0.2, 0.25) is 0 Å². The number of fused-ring (bicyclic) bond motifs is 3. The molecule has 4 rings (SSSR count). The molecule has 3 fully saturated rings. The Morgan fingerprint density at radius 3 is 2.62 bits per heavy atom. The normalized spacial score (nSPS) is 25.2. The zero-order valence-corrected chi connectivity index (χ0v) is 14.5. The molecule has 1 aromatic carbocycles. The van der Waals surface area contributed by atoms with Crippen molar-refractivity contribution in [1.29, 1.82) is 0 Å². The highest BCUT2D eigenvalue weighted by Crippen LogP contribution is 2.34. The van der Waals surface area contributed by atoms with E-state index < -0.39 is 0 Å². The van der Waals surface area contributed by atoms with Crippen LogP contribution in [0.2, 0.25) is 0 Å². The number of carbonyl (C=O) groups excluding carboxylic acids is 1. The molecule has 5 heteroatoms. The first-order chi connectivity index (χ1) is 11.7. The molecule has 3 aliphatic rings. The summed E-state index contributed by atoms with van der Waals surface area (Å²) in [6, 6.07) is 3.99. The van der Waals surface area contributed by atoms with Crippen molar-refractivity contribution in [3.63, 3.8) is 0 Å². The molecule has 0 radical (unpaired) electrons. The second-order valence-electron chi connectivity index (χ2n) is 6.59. The van der Waals surface area contributed by atoms with Crippen LogP contribution in [0.1, 0.15) is 28.8 Å². The maximum absolute atomic E-state index is 12.9. The van der Waals surface area contributed by atoms with Gasteiger partial charge in [0.1, 0.15) is 0 Å². The highest BCUT2D eigenvalue weighted by molar-refractivity contribution is 5.98. The number of allylic oxidation sites excluding steroid dienone is 1. The number of piperidine rings is 3. The Bertz CT molecular complexity index is 621. The first-order valence-corrected chi connectivity index (χ1v) is 8.55. The quantitative estimate of drug-likeness (QED) is 0.813. The molecular weight excluding hydrogens is 304 g/mol. The number of amides is 1. The van der Waals surface area contributed by atoms with Crippen LogP contribution in [0.3, 0.4) is 0 Å². The number of carbonyl (C=O) groups is 1. The zero-order chi connectivity index (χ0) is 17.1. The summed E-state index contributed by atoms with van der Waals surface area (Å²) >= 11 is 0. The molecule has 1 unspecified atom stereocenters. The highest BCUT2D eigenvalue weighted by atomic mass is 16.5. The smallest absolute Gasteiger partial charge is 0.255 e. The third kappa shape index (κ3) is 3.26. The van der Waals surface area contributed by atoms with E-state index in [1.807, 2.05) is 18.2 Å². The summed E-state index contributed by atoms with van der Waals surface area (Å²) in [7, 11) is 3.15. The van der Waals surface area contributed by atoms with Gasteiger partial charge in [-0.25, -0.2) is 0 Å². The Balaban J connectivity index is 1.84. The van der Waals surface area contributed by atoms with Crippen LogP contribution in [-0.4, -0.2) is 50.7 Å². The fourth-order valence-corrected chi connectivity index (χ4v) is 3.85. The minimum absolute atomic E-state index is 0.0881. The van der Waals surface area contributed by atoms with Gasteiger partial charge in [-0.15, -0.1) is 6.58 Å². The van der Waals surface area contributed by atoms with Gasteiger partial charge in [0.15, 0.2) is 11.5 Å². The predicted molar refractivity (Wildman–Crippen MR) is 93.9 cm³/mol. The van der Waals surface area contributed by atoms with Crippen molar-refractivity contribution in [3.05, 3.63) is 35.9 Å². The fourth-order valence-electron chi connectivity index (χ4n) is 3.85. The SMILES string of the molecule is C=CCc1cc(OC)c(OC)c(C(=O)NC2CN3CCC2CC3)c1. The molecule has 0 aliphatic carbocycles. The Labute approximate surface area is 143 Å². The molecule has 5 nitrogen and oxygen atoms in total. The maximum atomic E-state index is 12.9. The van der Waals surface area contributed by atoms with Gasteiger partial charge in [0.05, 0.1) is 19.8 Å². The lowest BCUT2D eigenvalue weighted by atomic mass is 9.84. The van der Waals surface area contributed by atoms with Crippen molar-refractivity contribution in [2.24, 2.45) is 5.92 Å². The highest BCUT2D eigenvalue weighted by Gasteiger charge is 2.35. The van der Waals surface area contributed by atoms with Gasteiger partial charge < -0.3 is 19.7 Å². The van der Waals surface area contributed by atoms with Crippen molar-refractivity contribution < 1.29 is 14.3 Å². The molecular formula is C19H26N2O3. The van der Waals surface area contributed by atoms with Crippen LogP contribution >= 0.6 is 0 Å². The summed E-state index contributed by atoms with van der Waals surface area (Å²) in [5.41, 5.74) is 1.52. The average Bonchev–Trinajstić information content (AvgIpc) is 2.62. The number of nitrogens with zero attached hydrogens (tertiary/aromatic N) is 1. The molecule has 0 aromatic heterocycles. The monoisotopic (exact) mass is 330 g/mol. The Kier molecular flexibility index (Phi) is 5.09. The minimum Gasteiger partial charge on any atom is -0.493 e. The van der Waals surface area contributed by atoms with Crippen molar-refractivity contribution in [3.8, 4) is 11.5 Å². The van der Waals surface area contributed by atoms with E-state index in [0.717, 1.165) is 25.2 Å². The van der Waals surface area contributed by atoms with E-state index in [9.17, 15) is 4.79 Å². The molecule has 0 spiro atoms. The number of rotatable bonds is 6. The molecule has 130 valence electrons. The van der Waals surface area contributed by atoms with Gasteiger partial charge in [-0.1, -0.05) is 6.08 Å². The van der Waals surface area contributed by atoms with Crippen LogP contribution in [0.25, 0.3) is 0 Å². The molecule has 3 heterocycles. The standard InChI is InChI=1S/C19H26N2O3/c1-4-5-13-10-15(18(24-3)17(11-13)23-2)19(22)20-16-12-21-8-6-14(16)7-9-21/h4,10-11,14,16H,1,5-9,12H2,2-3H3,(H,20,22). The first-order valence-electron chi connectivity index (χ1n) is 8.55. The number of nitrogens with one attached hydrogen (secondary N) is 1. The number of methoxy groups -OCH3 is 2. The molecule has 1 N–H and O–H groups in total. The van der Waals surface area contributed by atoms with Crippen molar-refractivity contribution in [1.82, 2.24) is 10.2 Å². The number of hydrogen-bond donors (Lipinski definition) is 1. The average molecular weight is 330 g/mol. The van der Waals surface area contributed by atoms with Gasteiger partial charge in [-0.05, 0) is 56.0 Å². The third-order valence-electron chi connectivity index (χ3n) is 5.14. The summed E-state index contributed by atoms with van der Waals surface area (Å²) < 4.78 is 10.9. The maximum Gasteiger partial charge on any atom is 0.255 e. The number of hydrogen-bond acceptors (Lipinski definition) is 4. The van der Waals surface area contributed by atoms with Crippen LogP contribution in [0.5, 0.6) is 11.5 Å². The Hall–Kier alpha value is -2.01. The molecule has 24 heavy (non-hydrogen) atoms. The Morgan fingerprint density at radius 2 is 2.08 bits per heavy atom. The lowest BCUT2D eigenvalue weighted by Crippen LogP contribution is -2.57. The minimum atomic E-state index is -0.0881. The second kappa shape index (κ2) is 7.26. The molecule has 0 saturated carbocycles. The van der Waals surface area contributed by atoms with Gasteiger partial charge in [0.25, 0.3) is 5.91 Å². The van der Waals surface area contributed by atoms with Gasteiger partial charge >= 0.3 is 0 Å². The summed E-state index contributed by atoms with van der Waals surface area (Å²) in [6.07, 6.45) is 4.83. The molecule has 3 aliphatic heterocycles. The zero-order valence-electron chi connectivity index (χ0n) is 14.5. The van der Waals surface area contributed by atoms with E-state index >= 15 is 0 Å². The van der Waals surface area contributed by atoms with Crippen molar-refractivity contribution >= 4 is 5.91 Å². The number of ether oxygens (including phenoxy) is 2. The summed E-state index contributed by atoms with van der Waals surface area (Å²) in [4.78, 5) is 15.3. The second-order valence-corrected chi connectivity index (χ2v) is 6.59. The van der Waals surface area contributed by atoms with E-state index in [4.69, 9.17) is 9.47 Å². The third-order valence-corrected chi connectivity index (χ3v) is 5.14. The van der Waals surface area contributed by atoms with E-state index in [-0.39, 0.29) is 11.9 Å². The lowest BCUT2D eigenvalue weighted by molar-refractivity contribution is 0.0618. The van der Waals surface area contributed by atoms with Crippen molar-refractivity contribution in [2.45, 2.75) is 25.3 Å². The Morgan fingerprint density at radius 1 is 1.33 bits per heavy atom. The predicted octanol–water partition coefficient (Wildman–Crippen LogP) is 2.26. The van der Waals surface area contributed by atoms with Crippen LogP contribution < -0.4 is 14.8 Å². The molecule has 3 saturated heterocycles. The topological polar surface area (TPSA) is 50.8 Å². The van der Waals surface area contributed by atoms with Crippen LogP contribution in [0.15, 0.2) is 24.8 Å². The fraction of sp³-hybridized carbons (Fsp3) is 0.526. The molecule has 2 bridgehead atoms. The van der Waals surface area contributed by atoms with Gasteiger partial charge in [-0.2, -0.15) is 0 Å². The summed E-state index contributed by atoms with van der Waals surface area (Å²) in [5.74, 6) is 1.57. The van der Waals surface area contributed by atoms with E-state index in [1.165, 1.54) is 12.8 Å². The summed E-state index contributed by atoms with van der Waals surface area (Å²) in [6.45, 7) is 7.03. The van der Waals surface area contributed by atoms with E-state index in [1.54, 1.807) is 14.2 Å². The van der Waals surface area contributed by atoms with Gasteiger partial charge in [0, 0.05) is 12.6 Å². The van der Waals surface area contributed by atoms with Crippen LogP contribution in [0.4, 0.5) is 0 Å². The van der Waals surface area contributed by atoms with Crippen molar-refractivity contribution in [2.75, 3.05) is 33.9 Å².